The van der Waals surface area contributed by atoms with Gasteiger partial charge in [0.15, 0.2) is 5.69 Å². The second-order valence-corrected chi connectivity index (χ2v) is 4.34. The van der Waals surface area contributed by atoms with Crippen molar-refractivity contribution in [2.24, 2.45) is 5.73 Å². The summed E-state index contributed by atoms with van der Waals surface area (Å²) in [4.78, 5) is 15.6. The SMILES string of the molecule is CCCCCCCOC(=O)c1cn(CCN)cn1. The molecule has 0 fully saturated rings. The first-order valence-electron chi connectivity index (χ1n) is 6.67. The molecule has 102 valence electrons. The van der Waals surface area contributed by atoms with Crippen molar-refractivity contribution < 1.29 is 9.53 Å². The van der Waals surface area contributed by atoms with E-state index in [1.165, 1.54) is 19.3 Å². The first-order valence-corrected chi connectivity index (χ1v) is 6.67. The van der Waals surface area contributed by atoms with Crippen LogP contribution in [0.3, 0.4) is 0 Å². The van der Waals surface area contributed by atoms with E-state index >= 15 is 0 Å². The molecule has 0 saturated carbocycles. The quantitative estimate of drug-likeness (QED) is 0.539. The second-order valence-electron chi connectivity index (χ2n) is 4.34. The van der Waals surface area contributed by atoms with Gasteiger partial charge < -0.3 is 15.0 Å². The molecule has 0 atom stereocenters. The van der Waals surface area contributed by atoms with Crippen LogP contribution in [0.15, 0.2) is 12.5 Å². The van der Waals surface area contributed by atoms with Gasteiger partial charge in [-0.25, -0.2) is 9.78 Å². The van der Waals surface area contributed by atoms with Crippen LogP contribution in [0.5, 0.6) is 0 Å². The number of carbonyl (C=O) groups is 1. The Morgan fingerprint density at radius 1 is 1.39 bits per heavy atom. The monoisotopic (exact) mass is 253 g/mol. The number of rotatable bonds is 9. The number of nitrogens with two attached hydrogens (primary N) is 1. The molecule has 0 unspecified atom stereocenters. The topological polar surface area (TPSA) is 70.1 Å². The first kappa shape index (κ1) is 14.7. The van der Waals surface area contributed by atoms with Crippen LogP contribution in [0.4, 0.5) is 0 Å². The first-order chi connectivity index (χ1) is 8.77. The highest BCUT2D eigenvalue weighted by atomic mass is 16.5. The predicted molar refractivity (Wildman–Crippen MR) is 70.3 cm³/mol. The summed E-state index contributed by atoms with van der Waals surface area (Å²) in [6.45, 7) is 3.85. The summed E-state index contributed by atoms with van der Waals surface area (Å²) in [5.41, 5.74) is 5.78. The third-order valence-electron chi connectivity index (χ3n) is 2.71. The number of hydrogen-bond acceptors (Lipinski definition) is 4. The van der Waals surface area contributed by atoms with Crippen LogP contribution in [0.1, 0.15) is 49.5 Å². The molecular formula is C13H23N3O2. The van der Waals surface area contributed by atoms with Crippen molar-refractivity contribution in [3.05, 3.63) is 18.2 Å². The highest BCUT2D eigenvalue weighted by Gasteiger charge is 2.10. The molecule has 1 rings (SSSR count). The molecule has 0 spiro atoms. The average molecular weight is 253 g/mol. The largest absolute Gasteiger partial charge is 0.461 e. The lowest BCUT2D eigenvalue weighted by molar-refractivity contribution is 0.0491. The average Bonchev–Trinajstić information content (AvgIpc) is 2.82. The highest BCUT2D eigenvalue weighted by Crippen LogP contribution is 2.04. The van der Waals surface area contributed by atoms with Gasteiger partial charge in [-0.15, -0.1) is 0 Å². The maximum atomic E-state index is 11.6. The molecule has 5 heteroatoms. The standard InChI is InChI=1S/C13H23N3O2/c1-2-3-4-5-6-9-18-13(17)12-10-16(8-7-14)11-15-12/h10-11H,2-9,14H2,1H3. The van der Waals surface area contributed by atoms with E-state index < -0.39 is 0 Å². The van der Waals surface area contributed by atoms with Gasteiger partial charge in [-0.1, -0.05) is 32.6 Å². The Bertz CT molecular complexity index is 350. The summed E-state index contributed by atoms with van der Waals surface area (Å²) in [6.07, 6.45) is 8.99. The van der Waals surface area contributed by atoms with E-state index in [-0.39, 0.29) is 5.97 Å². The smallest absolute Gasteiger partial charge is 0.358 e. The van der Waals surface area contributed by atoms with Gasteiger partial charge in [0.05, 0.1) is 12.9 Å². The van der Waals surface area contributed by atoms with Crippen molar-refractivity contribution in [2.75, 3.05) is 13.2 Å². The van der Waals surface area contributed by atoms with Crippen molar-refractivity contribution in [3.63, 3.8) is 0 Å². The maximum Gasteiger partial charge on any atom is 0.358 e. The normalized spacial score (nSPS) is 10.6. The van der Waals surface area contributed by atoms with Crippen LogP contribution in [0, 0.1) is 0 Å². The lowest BCUT2D eigenvalue weighted by Gasteiger charge is -2.02. The van der Waals surface area contributed by atoms with E-state index in [2.05, 4.69) is 11.9 Å². The van der Waals surface area contributed by atoms with E-state index in [1.54, 1.807) is 17.1 Å². The number of imidazole rings is 1. The van der Waals surface area contributed by atoms with E-state index in [0.29, 0.717) is 25.4 Å². The Hall–Kier alpha value is -1.36. The molecule has 0 aliphatic rings. The number of nitrogens with zero attached hydrogens (tertiary/aromatic N) is 2. The lowest BCUT2D eigenvalue weighted by atomic mass is 10.2. The molecule has 1 aromatic rings. The summed E-state index contributed by atoms with van der Waals surface area (Å²) in [5.74, 6) is -0.346. The fourth-order valence-corrected chi connectivity index (χ4v) is 1.68. The fraction of sp³-hybridized carbons (Fsp3) is 0.692. The Labute approximate surface area is 108 Å². The molecule has 0 saturated heterocycles. The number of esters is 1. The van der Waals surface area contributed by atoms with E-state index in [0.717, 1.165) is 12.8 Å². The molecule has 18 heavy (non-hydrogen) atoms. The van der Waals surface area contributed by atoms with Crippen molar-refractivity contribution in [1.82, 2.24) is 9.55 Å². The Balaban J connectivity index is 2.19. The van der Waals surface area contributed by atoms with Gasteiger partial charge in [0, 0.05) is 19.3 Å². The molecule has 0 aliphatic heterocycles. The Morgan fingerprint density at radius 2 is 2.17 bits per heavy atom. The zero-order chi connectivity index (χ0) is 13.2. The number of aromatic nitrogens is 2. The molecule has 1 heterocycles. The second kappa shape index (κ2) is 8.69. The van der Waals surface area contributed by atoms with Gasteiger partial charge in [-0.3, -0.25) is 0 Å². The van der Waals surface area contributed by atoms with E-state index in [4.69, 9.17) is 10.5 Å². The summed E-state index contributed by atoms with van der Waals surface area (Å²) >= 11 is 0. The van der Waals surface area contributed by atoms with Crippen LogP contribution >= 0.6 is 0 Å². The van der Waals surface area contributed by atoms with E-state index in [1.807, 2.05) is 0 Å². The number of hydrogen-bond donors (Lipinski definition) is 1. The van der Waals surface area contributed by atoms with Crippen molar-refractivity contribution in [2.45, 2.75) is 45.6 Å². The predicted octanol–water partition coefficient (Wildman–Crippen LogP) is 1.97. The zero-order valence-electron chi connectivity index (χ0n) is 11.1. The van der Waals surface area contributed by atoms with Crippen LogP contribution < -0.4 is 5.73 Å². The van der Waals surface area contributed by atoms with Gasteiger partial charge in [-0.2, -0.15) is 0 Å². The summed E-state index contributed by atoms with van der Waals surface area (Å²) < 4.78 is 6.94. The van der Waals surface area contributed by atoms with Crippen molar-refractivity contribution in [3.8, 4) is 0 Å². The van der Waals surface area contributed by atoms with Crippen molar-refractivity contribution in [1.29, 1.82) is 0 Å². The van der Waals surface area contributed by atoms with Crippen LogP contribution in [-0.4, -0.2) is 28.7 Å². The van der Waals surface area contributed by atoms with E-state index in [9.17, 15) is 4.79 Å². The van der Waals surface area contributed by atoms with Crippen LogP contribution in [-0.2, 0) is 11.3 Å². The van der Waals surface area contributed by atoms with Gasteiger partial charge in [0.25, 0.3) is 0 Å². The van der Waals surface area contributed by atoms with Gasteiger partial charge in [0.2, 0.25) is 0 Å². The highest BCUT2D eigenvalue weighted by molar-refractivity contribution is 5.86. The fourth-order valence-electron chi connectivity index (χ4n) is 1.68. The molecule has 0 amide bonds. The van der Waals surface area contributed by atoms with Crippen LogP contribution in [0.25, 0.3) is 0 Å². The van der Waals surface area contributed by atoms with Crippen molar-refractivity contribution >= 4 is 5.97 Å². The third kappa shape index (κ3) is 5.31. The summed E-state index contributed by atoms with van der Waals surface area (Å²) in [6, 6.07) is 0. The molecule has 0 aliphatic carbocycles. The third-order valence-corrected chi connectivity index (χ3v) is 2.71. The molecule has 1 aromatic heterocycles. The molecule has 0 aromatic carbocycles. The molecule has 0 radical (unpaired) electrons. The molecular weight excluding hydrogens is 230 g/mol. The maximum absolute atomic E-state index is 11.6. The van der Waals surface area contributed by atoms with Gasteiger partial charge in [0.1, 0.15) is 0 Å². The molecule has 2 N–H and O–H groups in total. The molecule has 0 bridgehead atoms. The minimum Gasteiger partial charge on any atom is -0.461 e. The summed E-state index contributed by atoms with van der Waals surface area (Å²) in [7, 11) is 0. The number of carbonyl (C=O) groups excluding carboxylic acids is 1. The molecule has 5 nitrogen and oxygen atoms in total. The van der Waals surface area contributed by atoms with Crippen LogP contribution in [0.2, 0.25) is 0 Å². The lowest BCUT2D eigenvalue weighted by Crippen LogP contribution is -2.09. The minimum absolute atomic E-state index is 0.346. The number of ether oxygens (including phenoxy) is 1. The summed E-state index contributed by atoms with van der Waals surface area (Å²) in [5, 5.41) is 0. The Kier molecular flexibility index (Phi) is 7.10. The van der Waals surface area contributed by atoms with Gasteiger partial charge >= 0.3 is 5.97 Å². The van der Waals surface area contributed by atoms with Gasteiger partial charge in [-0.05, 0) is 6.42 Å². The zero-order valence-corrected chi connectivity index (χ0v) is 11.1. The number of unbranched alkanes of at least 4 members (excludes halogenated alkanes) is 4. The Morgan fingerprint density at radius 3 is 2.89 bits per heavy atom. The minimum atomic E-state index is -0.346.